The summed E-state index contributed by atoms with van der Waals surface area (Å²) in [5.41, 5.74) is 1.84. The third-order valence-electron chi connectivity index (χ3n) is 3.46. The predicted molar refractivity (Wildman–Crippen MR) is 90.3 cm³/mol. The first-order valence-corrected chi connectivity index (χ1v) is 8.50. The van der Waals surface area contributed by atoms with Gasteiger partial charge in [0.25, 0.3) is 10.0 Å². The Hall–Kier alpha value is -2.60. The molecule has 0 aliphatic carbocycles. The Labute approximate surface area is 135 Å². The van der Waals surface area contributed by atoms with E-state index < -0.39 is 10.0 Å². The van der Waals surface area contributed by atoms with Crippen molar-refractivity contribution in [3.05, 3.63) is 60.3 Å². The number of aromatic nitrogens is 1. The summed E-state index contributed by atoms with van der Waals surface area (Å²) < 4.78 is 33.1. The minimum atomic E-state index is -3.70. The molecule has 0 fully saturated rings. The lowest BCUT2D eigenvalue weighted by molar-refractivity contribution is 0.415. The number of rotatable bonds is 4. The van der Waals surface area contributed by atoms with Crippen LogP contribution in [0.15, 0.2) is 59.6 Å². The smallest absolute Gasteiger partial charge is 0.261 e. The van der Waals surface area contributed by atoms with Gasteiger partial charge in [0, 0.05) is 17.6 Å². The largest absolute Gasteiger partial charge is 0.497 e. The number of hydrogen-bond acceptors (Lipinski definition) is 4. The molecule has 118 valence electrons. The zero-order chi connectivity index (χ0) is 16.4. The van der Waals surface area contributed by atoms with Crippen LogP contribution in [0.5, 0.6) is 5.75 Å². The van der Waals surface area contributed by atoms with Crippen molar-refractivity contribution in [3.8, 4) is 5.75 Å². The van der Waals surface area contributed by atoms with Crippen LogP contribution in [-0.4, -0.2) is 20.5 Å². The fourth-order valence-corrected chi connectivity index (χ4v) is 3.51. The predicted octanol–water partition coefficient (Wildman–Crippen LogP) is 3.35. The molecule has 3 aromatic rings. The highest BCUT2D eigenvalue weighted by molar-refractivity contribution is 7.92. The Morgan fingerprint density at radius 2 is 1.91 bits per heavy atom. The van der Waals surface area contributed by atoms with Gasteiger partial charge in [0.2, 0.25) is 0 Å². The van der Waals surface area contributed by atoms with Crippen LogP contribution in [0.4, 0.5) is 5.69 Å². The zero-order valence-corrected chi connectivity index (χ0v) is 13.6. The van der Waals surface area contributed by atoms with Crippen molar-refractivity contribution in [1.29, 1.82) is 0 Å². The monoisotopic (exact) mass is 328 g/mol. The summed E-state index contributed by atoms with van der Waals surface area (Å²) in [7, 11) is -2.16. The third-order valence-corrected chi connectivity index (χ3v) is 4.82. The highest BCUT2D eigenvalue weighted by atomic mass is 32.2. The van der Waals surface area contributed by atoms with Crippen molar-refractivity contribution in [2.45, 2.75) is 11.8 Å². The first kappa shape index (κ1) is 15.3. The van der Waals surface area contributed by atoms with E-state index in [0.717, 1.165) is 10.9 Å². The van der Waals surface area contributed by atoms with Crippen LogP contribution in [0.25, 0.3) is 10.9 Å². The molecule has 5 nitrogen and oxygen atoms in total. The number of benzene rings is 2. The number of ether oxygens (including phenoxy) is 1. The molecule has 0 saturated carbocycles. The minimum absolute atomic E-state index is 0.212. The van der Waals surface area contributed by atoms with Gasteiger partial charge in [0.1, 0.15) is 5.75 Å². The number of aryl methyl sites for hydroxylation is 1. The van der Waals surface area contributed by atoms with Gasteiger partial charge in [0.05, 0.1) is 23.2 Å². The molecule has 2 aromatic carbocycles. The van der Waals surface area contributed by atoms with Crippen molar-refractivity contribution in [2.75, 3.05) is 11.8 Å². The second-order valence-corrected chi connectivity index (χ2v) is 6.85. The molecule has 6 heteroatoms. The van der Waals surface area contributed by atoms with Gasteiger partial charge in [0.15, 0.2) is 0 Å². The first-order chi connectivity index (χ1) is 11.0. The van der Waals surface area contributed by atoms with Crippen molar-refractivity contribution in [2.24, 2.45) is 0 Å². The summed E-state index contributed by atoms with van der Waals surface area (Å²) >= 11 is 0. The van der Waals surface area contributed by atoms with Crippen LogP contribution in [0.1, 0.15) is 5.56 Å². The zero-order valence-electron chi connectivity index (χ0n) is 12.8. The van der Waals surface area contributed by atoms with E-state index in [1.165, 1.54) is 7.11 Å². The number of anilines is 1. The molecule has 1 heterocycles. The van der Waals surface area contributed by atoms with Crippen molar-refractivity contribution < 1.29 is 13.2 Å². The molecule has 0 saturated heterocycles. The average molecular weight is 328 g/mol. The number of pyridine rings is 1. The van der Waals surface area contributed by atoms with E-state index in [-0.39, 0.29) is 4.90 Å². The van der Waals surface area contributed by atoms with E-state index >= 15 is 0 Å². The number of fused-ring (bicyclic) bond motifs is 1. The lowest BCUT2D eigenvalue weighted by Gasteiger charge is -2.12. The SMILES string of the molecule is COc1cc(NS(=O)(=O)c2cccc(C)c2)c2ncccc2c1. The van der Waals surface area contributed by atoms with Crippen LogP contribution in [0.2, 0.25) is 0 Å². The maximum Gasteiger partial charge on any atom is 0.261 e. The van der Waals surface area contributed by atoms with Gasteiger partial charge in [-0.25, -0.2) is 8.42 Å². The van der Waals surface area contributed by atoms with Crippen molar-refractivity contribution >= 4 is 26.6 Å². The van der Waals surface area contributed by atoms with Crippen molar-refractivity contribution in [1.82, 2.24) is 4.98 Å². The van der Waals surface area contributed by atoms with Gasteiger partial charge < -0.3 is 4.74 Å². The van der Waals surface area contributed by atoms with E-state index in [1.54, 1.807) is 36.5 Å². The molecule has 1 N–H and O–H groups in total. The summed E-state index contributed by atoms with van der Waals surface area (Å²) in [6.07, 6.45) is 1.62. The average Bonchev–Trinajstić information content (AvgIpc) is 2.54. The molecule has 3 rings (SSSR count). The number of nitrogens with zero attached hydrogens (tertiary/aromatic N) is 1. The number of nitrogens with one attached hydrogen (secondary N) is 1. The van der Waals surface area contributed by atoms with E-state index in [2.05, 4.69) is 9.71 Å². The van der Waals surface area contributed by atoms with Crippen LogP contribution in [-0.2, 0) is 10.0 Å². The minimum Gasteiger partial charge on any atom is -0.497 e. The van der Waals surface area contributed by atoms with Crippen LogP contribution >= 0.6 is 0 Å². The Morgan fingerprint density at radius 1 is 1.09 bits per heavy atom. The first-order valence-electron chi connectivity index (χ1n) is 7.02. The van der Waals surface area contributed by atoms with Gasteiger partial charge in [-0.3, -0.25) is 9.71 Å². The number of hydrogen-bond donors (Lipinski definition) is 1. The number of sulfonamides is 1. The molecule has 0 bridgehead atoms. The highest BCUT2D eigenvalue weighted by Crippen LogP contribution is 2.29. The third kappa shape index (κ3) is 3.12. The molecule has 0 aliphatic heterocycles. The molecule has 1 aromatic heterocycles. The summed E-state index contributed by atoms with van der Waals surface area (Å²) in [4.78, 5) is 4.48. The highest BCUT2D eigenvalue weighted by Gasteiger charge is 2.17. The molecule has 0 spiro atoms. The Morgan fingerprint density at radius 3 is 2.65 bits per heavy atom. The summed E-state index contributed by atoms with van der Waals surface area (Å²) in [5.74, 6) is 0.562. The Bertz CT molecular complexity index is 968. The van der Waals surface area contributed by atoms with E-state index in [0.29, 0.717) is 17.0 Å². The quantitative estimate of drug-likeness (QED) is 0.797. The summed E-state index contributed by atoms with van der Waals surface area (Å²) in [5, 5.41) is 0.800. The second-order valence-electron chi connectivity index (χ2n) is 5.17. The molecule has 0 amide bonds. The molecule has 0 atom stereocenters. The van der Waals surface area contributed by atoms with E-state index in [1.807, 2.05) is 25.1 Å². The molecule has 23 heavy (non-hydrogen) atoms. The molecular weight excluding hydrogens is 312 g/mol. The number of methoxy groups -OCH3 is 1. The lowest BCUT2D eigenvalue weighted by Crippen LogP contribution is -2.13. The molecule has 0 unspecified atom stereocenters. The maximum atomic E-state index is 12.6. The van der Waals surface area contributed by atoms with Crippen LogP contribution in [0.3, 0.4) is 0 Å². The van der Waals surface area contributed by atoms with Gasteiger partial charge in [-0.15, -0.1) is 0 Å². The van der Waals surface area contributed by atoms with Crippen molar-refractivity contribution in [3.63, 3.8) is 0 Å². The van der Waals surface area contributed by atoms with Gasteiger partial charge in [-0.2, -0.15) is 0 Å². The summed E-state index contributed by atoms with van der Waals surface area (Å²) in [6.45, 7) is 1.85. The lowest BCUT2D eigenvalue weighted by atomic mass is 10.2. The van der Waals surface area contributed by atoms with Crippen LogP contribution < -0.4 is 9.46 Å². The molecule has 0 radical (unpaired) electrons. The topological polar surface area (TPSA) is 68.3 Å². The van der Waals surface area contributed by atoms with E-state index in [4.69, 9.17) is 4.74 Å². The fourth-order valence-electron chi connectivity index (χ4n) is 2.35. The summed E-state index contributed by atoms with van der Waals surface area (Å²) in [6, 6.07) is 13.8. The fraction of sp³-hybridized carbons (Fsp3) is 0.118. The van der Waals surface area contributed by atoms with Gasteiger partial charge >= 0.3 is 0 Å². The second kappa shape index (κ2) is 5.89. The maximum absolute atomic E-state index is 12.6. The Kier molecular flexibility index (Phi) is 3.92. The molecule has 0 aliphatic rings. The standard InChI is InChI=1S/C17H16N2O3S/c1-12-5-3-7-15(9-12)23(20,21)19-16-11-14(22-2)10-13-6-4-8-18-17(13)16/h3-11,19H,1-2H3. The van der Waals surface area contributed by atoms with Gasteiger partial charge in [-0.1, -0.05) is 18.2 Å². The van der Waals surface area contributed by atoms with E-state index in [9.17, 15) is 8.42 Å². The van der Waals surface area contributed by atoms with Crippen LogP contribution in [0, 0.1) is 6.92 Å². The Balaban J connectivity index is 2.10. The normalized spacial score (nSPS) is 11.4. The molecular formula is C17H16N2O3S. The van der Waals surface area contributed by atoms with Gasteiger partial charge in [-0.05, 0) is 36.8 Å².